The number of halogens is 1. The minimum atomic E-state index is 0.740. The summed E-state index contributed by atoms with van der Waals surface area (Å²) in [5.41, 5.74) is 0. The van der Waals surface area contributed by atoms with E-state index in [1.807, 2.05) is 13.1 Å². The second-order valence-electron chi connectivity index (χ2n) is 4.35. The van der Waals surface area contributed by atoms with Crippen molar-refractivity contribution in [2.24, 2.45) is 5.92 Å². The molecular weight excluding hydrogens is 226 g/mol. The van der Waals surface area contributed by atoms with Gasteiger partial charge in [-0.05, 0) is 50.4 Å². The number of nitrogens with one attached hydrogen (secondary N) is 1. The largest absolute Gasteiger partial charge is 0.319 e. The van der Waals surface area contributed by atoms with Crippen LogP contribution in [0.25, 0.3) is 0 Å². The molecule has 1 aliphatic rings. The topological polar surface area (TPSA) is 12.0 Å². The van der Waals surface area contributed by atoms with Crippen LogP contribution in [0.1, 0.15) is 36.5 Å². The molecular formula is C12H18ClNS. The Balaban J connectivity index is 2.10. The van der Waals surface area contributed by atoms with Crippen LogP contribution in [0, 0.1) is 5.92 Å². The van der Waals surface area contributed by atoms with E-state index >= 15 is 0 Å². The summed E-state index contributed by atoms with van der Waals surface area (Å²) < 4.78 is 0.929. The monoisotopic (exact) mass is 243 g/mol. The van der Waals surface area contributed by atoms with Crippen LogP contribution in [0.3, 0.4) is 0 Å². The average molecular weight is 244 g/mol. The molecule has 1 saturated carbocycles. The standard InChI is InChI=1S/C12H18ClNS/c1-14-8-9-4-2-3-5-10(9)11-6-7-12(13)15-11/h6-7,9-10,14H,2-5,8H2,1H3. The molecule has 15 heavy (non-hydrogen) atoms. The molecule has 0 saturated heterocycles. The third-order valence-corrected chi connectivity index (χ3v) is 4.70. The Morgan fingerprint density at radius 2 is 2.20 bits per heavy atom. The van der Waals surface area contributed by atoms with E-state index < -0.39 is 0 Å². The van der Waals surface area contributed by atoms with Crippen molar-refractivity contribution in [3.8, 4) is 0 Å². The second-order valence-corrected chi connectivity index (χ2v) is 6.10. The molecule has 3 heteroatoms. The molecule has 2 unspecified atom stereocenters. The zero-order valence-corrected chi connectivity index (χ0v) is 10.7. The molecule has 1 aliphatic carbocycles. The smallest absolute Gasteiger partial charge is 0.0931 e. The van der Waals surface area contributed by atoms with E-state index in [9.17, 15) is 0 Å². The summed E-state index contributed by atoms with van der Waals surface area (Å²) >= 11 is 7.77. The van der Waals surface area contributed by atoms with Crippen molar-refractivity contribution >= 4 is 22.9 Å². The molecule has 2 atom stereocenters. The maximum atomic E-state index is 6.01. The lowest BCUT2D eigenvalue weighted by atomic mass is 9.78. The van der Waals surface area contributed by atoms with Crippen molar-refractivity contribution in [1.29, 1.82) is 0 Å². The van der Waals surface area contributed by atoms with Crippen LogP contribution in [0.4, 0.5) is 0 Å². The Kier molecular flexibility index (Phi) is 4.06. The van der Waals surface area contributed by atoms with Crippen LogP contribution >= 0.6 is 22.9 Å². The van der Waals surface area contributed by atoms with Crippen molar-refractivity contribution in [3.63, 3.8) is 0 Å². The minimum absolute atomic E-state index is 0.740. The molecule has 1 heterocycles. The average Bonchev–Trinajstić information content (AvgIpc) is 2.66. The molecule has 1 N–H and O–H groups in total. The van der Waals surface area contributed by atoms with E-state index in [-0.39, 0.29) is 0 Å². The Labute approximate surface area is 101 Å². The zero-order valence-electron chi connectivity index (χ0n) is 9.13. The van der Waals surface area contributed by atoms with Crippen LogP contribution in [0.5, 0.6) is 0 Å². The first kappa shape index (κ1) is 11.4. The molecule has 0 radical (unpaired) electrons. The first-order valence-electron chi connectivity index (χ1n) is 5.71. The normalized spacial score (nSPS) is 26.8. The van der Waals surface area contributed by atoms with Gasteiger partial charge in [-0.2, -0.15) is 0 Å². The highest BCUT2D eigenvalue weighted by molar-refractivity contribution is 7.16. The Morgan fingerprint density at radius 3 is 2.87 bits per heavy atom. The fraction of sp³-hybridized carbons (Fsp3) is 0.667. The molecule has 1 aromatic heterocycles. The molecule has 0 spiro atoms. The van der Waals surface area contributed by atoms with Crippen molar-refractivity contribution in [2.75, 3.05) is 13.6 Å². The van der Waals surface area contributed by atoms with Crippen LogP contribution in [0.15, 0.2) is 12.1 Å². The summed E-state index contributed by atoms with van der Waals surface area (Å²) in [4.78, 5) is 1.49. The van der Waals surface area contributed by atoms with Crippen molar-refractivity contribution in [3.05, 3.63) is 21.3 Å². The van der Waals surface area contributed by atoms with Crippen LogP contribution < -0.4 is 5.32 Å². The minimum Gasteiger partial charge on any atom is -0.319 e. The third kappa shape index (κ3) is 2.74. The summed E-state index contributed by atoms with van der Waals surface area (Å²) in [6, 6.07) is 4.25. The Morgan fingerprint density at radius 1 is 1.40 bits per heavy atom. The molecule has 1 nitrogen and oxygen atoms in total. The van der Waals surface area contributed by atoms with Gasteiger partial charge in [0.05, 0.1) is 4.34 Å². The van der Waals surface area contributed by atoms with Gasteiger partial charge in [-0.1, -0.05) is 24.4 Å². The molecule has 1 aromatic rings. The lowest BCUT2D eigenvalue weighted by Gasteiger charge is -2.30. The third-order valence-electron chi connectivity index (χ3n) is 3.33. The maximum absolute atomic E-state index is 6.01. The van der Waals surface area contributed by atoms with Gasteiger partial charge in [0.1, 0.15) is 0 Å². The van der Waals surface area contributed by atoms with Crippen molar-refractivity contribution < 1.29 is 0 Å². The summed E-state index contributed by atoms with van der Waals surface area (Å²) in [5, 5.41) is 3.32. The van der Waals surface area contributed by atoms with E-state index in [2.05, 4.69) is 11.4 Å². The lowest BCUT2D eigenvalue weighted by molar-refractivity contribution is 0.304. The zero-order chi connectivity index (χ0) is 10.7. The predicted octanol–water partition coefficient (Wildman–Crippen LogP) is 3.89. The molecule has 0 bridgehead atoms. The Hall–Kier alpha value is -0.0500. The maximum Gasteiger partial charge on any atom is 0.0931 e. The first-order chi connectivity index (χ1) is 7.31. The number of hydrogen-bond donors (Lipinski definition) is 1. The summed E-state index contributed by atoms with van der Waals surface area (Å²) in [5.74, 6) is 1.54. The van der Waals surface area contributed by atoms with Crippen molar-refractivity contribution in [2.45, 2.75) is 31.6 Å². The van der Waals surface area contributed by atoms with Gasteiger partial charge >= 0.3 is 0 Å². The highest BCUT2D eigenvalue weighted by Gasteiger charge is 2.26. The molecule has 2 rings (SSSR count). The van der Waals surface area contributed by atoms with Gasteiger partial charge in [0.2, 0.25) is 0 Å². The lowest BCUT2D eigenvalue weighted by Crippen LogP contribution is -2.26. The van der Waals surface area contributed by atoms with Crippen LogP contribution in [-0.2, 0) is 0 Å². The number of thiophene rings is 1. The fourth-order valence-electron chi connectivity index (χ4n) is 2.62. The molecule has 1 fully saturated rings. The highest BCUT2D eigenvalue weighted by atomic mass is 35.5. The number of hydrogen-bond acceptors (Lipinski definition) is 2. The quantitative estimate of drug-likeness (QED) is 0.849. The van der Waals surface area contributed by atoms with Gasteiger partial charge < -0.3 is 5.32 Å². The van der Waals surface area contributed by atoms with Gasteiger partial charge in [0, 0.05) is 4.88 Å². The summed E-state index contributed by atoms with van der Waals surface area (Å²) in [6.45, 7) is 1.14. The van der Waals surface area contributed by atoms with Crippen LogP contribution in [-0.4, -0.2) is 13.6 Å². The van der Waals surface area contributed by atoms with Gasteiger partial charge in [-0.25, -0.2) is 0 Å². The SMILES string of the molecule is CNCC1CCCCC1c1ccc(Cl)s1. The van der Waals surface area contributed by atoms with E-state index in [4.69, 9.17) is 11.6 Å². The van der Waals surface area contributed by atoms with E-state index in [1.165, 1.54) is 30.6 Å². The predicted molar refractivity (Wildman–Crippen MR) is 68.0 cm³/mol. The Bertz CT molecular complexity index is 308. The van der Waals surface area contributed by atoms with E-state index in [0.29, 0.717) is 0 Å². The highest BCUT2D eigenvalue weighted by Crippen LogP contribution is 2.41. The van der Waals surface area contributed by atoms with Gasteiger partial charge in [-0.3, -0.25) is 0 Å². The van der Waals surface area contributed by atoms with Gasteiger partial charge in [0.15, 0.2) is 0 Å². The second kappa shape index (κ2) is 5.33. The van der Waals surface area contributed by atoms with Crippen molar-refractivity contribution in [1.82, 2.24) is 5.32 Å². The summed E-state index contributed by atoms with van der Waals surface area (Å²) in [6.07, 6.45) is 5.46. The van der Waals surface area contributed by atoms with Gasteiger partial charge in [0.25, 0.3) is 0 Å². The van der Waals surface area contributed by atoms with Crippen LogP contribution in [0.2, 0.25) is 4.34 Å². The first-order valence-corrected chi connectivity index (χ1v) is 6.90. The van der Waals surface area contributed by atoms with E-state index in [1.54, 1.807) is 11.3 Å². The molecule has 84 valence electrons. The van der Waals surface area contributed by atoms with E-state index in [0.717, 1.165) is 22.7 Å². The van der Waals surface area contributed by atoms with Gasteiger partial charge in [-0.15, -0.1) is 11.3 Å². The summed E-state index contributed by atoms with van der Waals surface area (Å²) in [7, 11) is 2.05. The fourth-order valence-corrected chi connectivity index (χ4v) is 3.91. The molecule has 0 aliphatic heterocycles. The molecule has 0 amide bonds. The molecule has 0 aromatic carbocycles. The number of rotatable bonds is 3.